The number of nitrogen functional groups attached to an aromatic ring is 1. The smallest absolute Gasteiger partial charge is 0.148 e. The second-order valence-electron chi connectivity index (χ2n) is 3.82. The maximum Gasteiger partial charge on any atom is 0.148 e. The summed E-state index contributed by atoms with van der Waals surface area (Å²) in [5.74, 6) is 0.596. The van der Waals surface area contributed by atoms with Crippen molar-refractivity contribution in [1.82, 2.24) is 9.78 Å². The van der Waals surface area contributed by atoms with E-state index in [1.807, 2.05) is 17.8 Å². The Hall–Kier alpha value is -1.07. The predicted octanol–water partition coefficient (Wildman–Crippen LogP) is 0.579. The summed E-state index contributed by atoms with van der Waals surface area (Å²) in [6.45, 7) is 4.90. The molecule has 1 aromatic rings. The van der Waals surface area contributed by atoms with Crippen LogP contribution in [0.2, 0.25) is 0 Å². The number of aromatic nitrogens is 2. The van der Waals surface area contributed by atoms with E-state index in [9.17, 15) is 0 Å². The lowest BCUT2D eigenvalue weighted by Crippen LogP contribution is -2.16. The summed E-state index contributed by atoms with van der Waals surface area (Å²) in [6, 6.07) is 0. The number of nitrogens with zero attached hydrogens (tertiary/aromatic N) is 2. The van der Waals surface area contributed by atoms with Crippen molar-refractivity contribution >= 4 is 5.82 Å². The molecule has 2 rings (SSSR count). The van der Waals surface area contributed by atoms with Crippen LogP contribution < -0.4 is 5.73 Å². The minimum absolute atomic E-state index is 0.263. The van der Waals surface area contributed by atoms with E-state index in [4.69, 9.17) is 15.2 Å². The van der Waals surface area contributed by atoms with Crippen molar-refractivity contribution in [2.45, 2.75) is 26.0 Å². The van der Waals surface area contributed by atoms with Gasteiger partial charge < -0.3 is 15.2 Å². The molecule has 2 heterocycles. The number of hydrogen-bond acceptors (Lipinski definition) is 4. The molecule has 0 aromatic carbocycles. The fourth-order valence-corrected chi connectivity index (χ4v) is 1.61. The van der Waals surface area contributed by atoms with Gasteiger partial charge in [0.1, 0.15) is 5.82 Å². The minimum atomic E-state index is 0.263. The van der Waals surface area contributed by atoms with Crippen molar-refractivity contribution in [2.24, 2.45) is 0 Å². The van der Waals surface area contributed by atoms with Gasteiger partial charge >= 0.3 is 0 Å². The Morgan fingerprint density at radius 2 is 2.60 bits per heavy atom. The van der Waals surface area contributed by atoms with Crippen LogP contribution in [0.25, 0.3) is 0 Å². The van der Waals surface area contributed by atoms with E-state index < -0.39 is 0 Å². The van der Waals surface area contributed by atoms with E-state index in [0.717, 1.165) is 31.7 Å². The number of nitrogens with two attached hydrogens (primary N) is 1. The molecule has 1 unspecified atom stereocenters. The summed E-state index contributed by atoms with van der Waals surface area (Å²) in [5, 5.41) is 4.16. The number of aryl methyl sites for hydroxylation is 1. The number of rotatable bonds is 4. The van der Waals surface area contributed by atoms with Gasteiger partial charge in [-0.1, -0.05) is 0 Å². The third kappa shape index (κ3) is 2.70. The largest absolute Gasteiger partial charge is 0.382 e. The van der Waals surface area contributed by atoms with Gasteiger partial charge in [0.05, 0.1) is 25.9 Å². The quantitative estimate of drug-likeness (QED) is 0.791. The highest BCUT2D eigenvalue weighted by Gasteiger charge is 2.15. The Labute approximate surface area is 89.2 Å². The first-order valence-corrected chi connectivity index (χ1v) is 5.24. The molecule has 1 fully saturated rings. The first-order valence-electron chi connectivity index (χ1n) is 5.24. The third-order valence-corrected chi connectivity index (χ3v) is 2.54. The Kier molecular flexibility index (Phi) is 3.23. The van der Waals surface area contributed by atoms with Crippen LogP contribution in [0, 0.1) is 6.92 Å². The van der Waals surface area contributed by atoms with Crippen LogP contribution in [0.1, 0.15) is 12.0 Å². The molecule has 0 bridgehead atoms. The summed E-state index contributed by atoms with van der Waals surface area (Å²) in [5.41, 5.74) is 6.65. The predicted molar refractivity (Wildman–Crippen MR) is 56.6 cm³/mol. The van der Waals surface area contributed by atoms with E-state index in [0.29, 0.717) is 12.4 Å². The standard InChI is InChI=1S/C10H17N3O2/c1-8-6-13(12-10(8)11)3-5-15-9-2-4-14-7-9/h6,9H,2-5,7H2,1H3,(H2,11,12). The first kappa shape index (κ1) is 10.4. The molecule has 1 saturated heterocycles. The van der Waals surface area contributed by atoms with E-state index in [1.165, 1.54) is 0 Å². The van der Waals surface area contributed by atoms with Gasteiger partial charge in [-0.25, -0.2) is 0 Å². The molecule has 0 radical (unpaired) electrons. The van der Waals surface area contributed by atoms with Crippen molar-refractivity contribution in [3.8, 4) is 0 Å². The molecule has 5 nitrogen and oxygen atoms in total. The van der Waals surface area contributed by atoms with E-state index in [2.05, 4.69) is 5.10 Å². The Balaban J connectivity index is 1.73. The second-order valence-corrected chi connectivity index (χ2v) is 3.82. The maximum absolute atomic E-state index is 5.64. The molecular weight excluding hydrogens is 194 g/mol. The van der Waals surface area contributed by atoms with E-state index in [1.54, 1.807) is 0 Å². The SMILES string of the molecule is Cc1cn(CCOC2CCOC2)nc1N. The summed E-state index contributed by atoms with van der Waals surface area (Å²) in [7, 11) is 0. The number of ether oxygens (including phenoxy) is 2. The maximum atomic E-state index is 5.64. The summed E-state index contributed by atoms with van der Waals surface area (Å²) >= 11 is 0. The lowest BCUT2D eigenvalue weighted by atomic mass is 10.3. The van der Waals surface area contributed by atoms with Crippen molar-refractivity contribution in [1.29, 1.82) is 0 Å². The third-order valence-electron chi connectivity index (χ3n) is 2.54. The molecule has 84 valence electrons. The molecule has 1 aliphatic heterocycles. The van der Waals surface area contributed by atoms with Crippen LogP contribution in [0.15, 0.2) is 6.20 Å². The summed E-state index contributed by atoms with van der Waals surface area (Å²) in [4.78, 5) is 0. The lowest BCUT2D eigenvalue weighted by Gasteiger charge is -2.09. The van der Waals surface area contributed by atoms with Gasteiger partial charge in [-0.2, -0.15) is 5.10 Å². The van der Waals surface area contributed by atoms with Gasteiger partial charge in [0.15, 0.2) is 0 Å². The van der Waals surface area contributed by atoms with Crippen LogP contribution in [-0.4, -0.2) is 35.7 Å². The van der Waals surface area contributed by atoms with Crippen molar-refractivity contribution in [3.63, 3.8) is 0 Å². The Morgan fingerprint density at radius 1 is 1.73 bits per heavy atom. The van der Waals surface area contributed by atoms with E-state index in [-0.39, 0.29) is 6.10 Å². The molecule has 0 spiro atoms. The van der Waals surface area contributed by atoms with Gasteiger partial charge in [0.25, 0.3) is 0 Å². The van der Waals surface area contributed by atoms with Crippen LogP contribution in [0.5, 0.6) is 0 Å². The second kappa shape index (κ2) is 4.63. The lowest BCUT2D eigenvalue weighted by molar-refractivity contribution is 0.0372. The first-order chi connectivity index (χ1) is 7.25. The zero-order valence-corrected chi connectivity index (χ0v) is 8.98. The zero-order chi connectivity index (χ0) is 10.7. The van der Waals surface area contributed by atoms with Crippen LogP contribution in [0.3, 0.4) is 0 Å². The Morgan fingerprint density at radius 3 is 3.20 bits per heavy atom. The van der Waals surface area contributed by atoms with Crippen molar-refractivity contribution in [2.75, 3.05) is 25.6 Å². The average molecular weight is 211 g/mol. The summed E-state index contributed by atoms with van der Waals surface area (Å²) in [6.07, 6.45) is 3.20. The molecular formula is C10H17N3O2. The topological polar surface area (TPSA) is 62.3 Å². The normalized spacial score (nSPS) is 21.0. The molecule has 1 aromatic heterocycles. The molecule has 0 saturated carbocycles. The molecule has 1 aliphatic rings. The zero-order valence-electron chi connectivity index (χ0n) is 8.98. The Bertz CT molecular complexity index is 299. The number of anilines is 1. The van der Waals surface area contributed by atoms with Gasteiger partial charge in [0, 0.05) is 18.4 Å². The fourth-order valence-electron chi connectivity index (χ4n) is 1.61. The highest BCUT2D eigenvalue weighted by molar-refractivity contribution is 5.35. The highest BCUT2D eigenvalue weighted by Crippen LogP contribution is 2.09. The fraction of sp³-hybridized carbons (Fsp3) is 0.700. The van der Waals surface area contributed by atoms with Crippen LogP contribution in [0.4, 0.5) is 5.82 Å². The monoisotopic (exact) mass is 211 g/mol. The molecule has 0 amide bonds. The molecule has 5 heteroatoms. The highest BCUT2D eigenvalue weighted by atomic mass is 16.5. The van der Waals surface area contributed by atoms with Crippen LogP contribution in [-0.2, 0) is 16.0 Å². The van der Waals surface area contributed by atoms with Gasteiger partial charge in [-0.3, -0.25) is 4.68 Å². The van der Waals surface area contributed by atoms with E-state index >= 15 is 0 Å². The number of hydrogen-bond donors (Lipinski definition) is 1. The molecule has 2 N–H and O–H groups in total. The molecule has 0 aliphatic carbocycles. The van der Waals surface area contributed by atoms with Crippen molar-refractivity contribution in [3.05, 3.63) is 11.8 Å². The molecule has 15 heavy (non-hydrogen) atoms. The molecule has 1 atom stereocenters. The van der Waals surface area contributed by atoms with Gasteiger partial charge in [-0.05, 0) is 13.3 Å². The van der Waals surface area contributed by atoms with Crippen molar-refractivity contribution < 1.29 is 9.47 Å². The average Bonchev–Trinajstić information content (AvgIpc) is 2.79. The summed E-state index contributed by atoms with van der Waals surface area (Å²) < 4.78 is 12.7. The van der Waals surface area contributed by atoms with Crippen LogP contribution >= 0.6 is 0 Å². The van der Waals surface area contributed by atoms with Gasteiger partial charge in [0.2, 0.25) is 0 Å². The van der Waals surface area contributed by atoms with Gasteiger partial charge in [-0.15, -0.1) is 0 Å². The minimum Gasteiger partial charge on any atom is -0.382 e.